The molecular formula is C23H20FN5O3S. The highest BCUT2D eigenvalue weighted by Crippen LogP contribution is 2.35. The number of rotatable bonds is 3. The van der Waals surface area contributed by atoms with E-state index < -0.39 is 0 Å². The fourth-order valence-electron chi connectivity index (χ4n) is 4.69. The van der Waals surface area contributed by atoms with Gasteiger partial charge in [-0.15, -0.1) is 21.5 Å². The Labute approximate surface area is 191 Å². The molecule has 1 fully saturated rings. The summed E-state index contributed by atoms with van der Waals surface area (Å²) in [4.78, 5) is 36.5. The van der Waals surface area contributed by atoms with Crippen molar-refractivity contribution in [2.75, 3.05) is 13.1 Å². The lowest BCUT2D eigenvalue weighted by molar-refractivity contribution is 0.0694. The Kier molecular flexibility index (Phi) is 4.83. The molecule has 33 heavy (non-hydrogen) atoms. The minimum atomic E-state index is -0.325. The van der Waals surface area contributed by atoms with Crippen molar-refractivity contribution < 1.29 is 13.6 Å². The van der Waals surface area contributed by atoms with E-state index in [2.05, 4.69) is 20.2 Å². The molecule has 0 bridgehead atoms. The Hall–Kier alpha value is -3.40. The fourth-order valence-corrected chi connectivity index (χ4v) is 5.95. The van der Waals surface area contributed by atoms with E-state index in [0.717, 1.165) is 24.8 Å². The fraction of sp³-hybridized carbons (Fsp3) is 0.348. The minimum absolute atomic E-state index is 0.0329. The Balaban J connectivity index is 1.16. The largest absolute Gasteiger partial charge is 0.420 e. The third-order valence-corrected chi connectivity index (χ3v) is 7.63. The van der Waals surface area contributed by atoms with Gasteiger partial charge in [0.05, 0.1) is 5.39 Å². The number of halogens is 1. The van der Waals surface area contributed by atoms with Gasteiger partial charge in [0.25, 0.3) is 11.5 Å². The van der Waals surface area contributed by atoms with E-state index in [-0.39, 0.29) is 29.0 Å². The van der Waals surface area contributed by atoms with Crippen molar-refractivity contribution in [2.45, 2.75) is 38.0 Å². The SMILES string of the molecule is O=C(c1nc2sc3c(c2c(=O)[nH]1)CCC3)N1CCC(c2nnc(-c3ccc(F)cc3)o2)CC1. The van der Waals surface area contributed by atoms with Crippen molar-refractivity contribution in [3.8, 4) is 11.5 Å². The number of nitrogens with one attached hydrogen (secondary N) is 1. The molecule has 2 aliphatic rings. The summed E-state index contributed by atoms with van der Waals surface area (Å²) in [6.07, 6.45) is 4.27. The van der Waals surface area contributed by atoms with Crippen molar-refractivity contribution >= 4 is 27.5 Å². The highest BCUT2D eigenvalue weighted by molar-refractivity contribution is 7.18. The lowest BCUT2D eigenvalue weighted by Crippen LogP contribution is -2.39. The van der Waals surface area contributed by atoms with E-state index >= 15 is 0 Å². The van der Waals surface area contributed by atoms with Crippen molar-refractivity contribution in [1.29, 1.82) is 0 Å². The number of carbonyl (C=O) groups excluding carboxylic acids is 1. The first-order valence-electron chi connectivity index (χ1n) is 11.0. The number of carbonyl (C=O) groups is 1. The van der Waals surface area contributed by atoms with Crippen LogP contribution in [0, 0.1) is 5.82 Å². The van der Waals surface area contributed by atoms with Crippen molar-refractivity contribution in [3.63, 3.8) is 0 Å². The second-order valence-corrected chi connectivity index (χ2v) is 9.55. The van der Waals surface area contributed by atoms with Gasteiger partial charge < -0.3 is 14.3 Å². The molecule has 0 unspecified atom stereocenters. The van der Waals surface area contributed by atoms with Crippen LogP contribution in [0.1, 0.15) is 52.1 Å². The van der Waals surface area contributed by atoms with Crippen molar-refractivity contribution in [2.24, 2.45) is 0 Å². The maximum absolute atomic E-state index is 13.1. The van der Waals surface area contributed by atoms with Crippen LogP contribution in [-0.2, 0) is 12.8 Å². The molecule has 0 atom stereocenters. The summed E-state index contributed by atoms with van der Waals surface area (Å²) in [6, 6.07) is 5.90. The molecule has 168 valence electrons. The predicted octanol–water partition coefficient (Wildman–Crippen LogP) is 3.68. The molecule has 1 aliphatic carbocycles. The molecule has 1 aliphatic heterocycles. The summed E-state index contributed by atoms with van der Waals surface area (Å²) in [6.45, 7) is 1.00. The Morgan fingerprint density at radius 2 is 1.94 bits per heavy atom. The number of benzene rings is 1. The number of hydrogen-bond donors (Lipinski definition) is 1. The summed E-state index contributed by atoms with van der Waals surface area (Å²) < 4.78 is 19.0. The summed E-state index contributed by atoms with van der Waals surface area (Å²) in [5.74, 6) is 0.406. The average molecular weight is 466 g/mol. The first-order valence-corrected chi connectivity index (χ1v) is 11.8. The predicted molar refractivity (Wildman–Crippen MR) is 120 cm³/mol. The van der Waals surface area contributed by atoms with Gasteiger partial charge >= 0.3 is 0 Å². The van der Waals surface area contributed by atoms with Crippen LogP contribution in [-0.4, -0.2) is 44.1 Å². The number of piperidine rings is 1. The van der Waals surface area contributed by atoms with E-state index in [1.165, 1.54) is 28.3 Å². The maximum Gasteiger partial charge on any atom is 0.289 e. The number of H-pyrrole nitrogens is 1. The number of aryl methyl sites for hydroxylation is 2. The van der Waals surface area contributed by atoms with Gasteiger partial charge in [-0.1, -0.05) is 0 Å². The second kappa shape index (κ2) is 7.87. The zero-order chi connectivity index (χ0) is 22.5. The highest BCUT2D eigenvalue weighted by Gasteiger charge is 2.30. The molecule has 1 amide bonds. The molecule has 10 heteroatoms. The molecule has 0 spiro atoms. The molecule has 0 radical (unpaired) electrons. The number of likely N-dealkylation sites (tertiary alicyclic amines) is 1. The Morgan fingerprint density at radius 3 is 2.73 bits per heavy atom. The number of thiophene rings is 1. The van der Waals surface area contributed by atoms with Crippen LogP contribution >= 0.6 is 11.3 Å². The van der Waals surface area contributed by atoms with E-state index in [1.54, 1.807) is 17.0 Å². The minimum Gasteiger partial charge on any atom is -0.420 e. The zero-order valence-corrected chi connectivity index (χ0v) is 18.5. The third-order valence-electron chi connectivity index (χ3n) is 6.44. The first kappa shape index (κ1) is 20.2. The Bertz CT molecular complexity index is 1420. The van der Waals surface area contributed by atoms with Crippen LogP contribution in [0.5, 0.6) is 0 Å². The molecule has 1 N–H and O–H groups in total. The maximum atomic E-state index is 13.1. The van der Waals surface area contributed by atoms with Gasteiger partial charge in [-0.2, -0.15) is 0 Å². The molecule has 4 aromatic rings. The normalized spacial score (nSPS) is 16.5. The lowest BCUT2D eigenvalue weighted by atomic mass is 9.97. The molecule has 0 saturated carbocycles. The van der Waals surface area contributed by atoms with Crippen LogP contribution in [0.2, 0.25) is 0 Å². The Morgan fingerprint density at radius 1 is 1.15 bits per heavy atom. The van der Waals surface area contributed by atoms with E-state index in [0.29, 0.717) is 53.5 Å². The summed E-state index contributed by atoms with van der Waals surface area (Å²) >= 11 is 1.53. The summed E-state index contributed by atoms with van der Waals surface area (Å²) in [5, 5.41) is 8.90. The number of hydrogen-bond acceptors (Lipinski definition) is 7. The van der Waals surface area contributed by atoms with Crippen LogP contribution in [0.15, 0.2) is 33.5 Å². The number of aromatic nitrogens is 4. The van der Waals surface area contributed by atoms with Gasteiger partial charge in [0.15, 0.2) is 0 Å². The molecule has 6 rings (SSSR count). The van der Waals surface area contributed by atoms with Gasteiger partial charge in [-0.3, -0.25) is 9.59 Å². The van der Waals surface area contributed by atoms with Crippen LogP contribution in [0.3, 0.4) is 0 Å². The number of amides is 1. The molecule has 8 nitrogen and oxygen atoms in total. The smallest absolute Gasteiger partial charge is 0.289 e. The third kappa shape index (κ3) is 3.54. The number of fused-ring (bicyclic) bond motifs is 3. The van der Waals surface area contributed by atoms with Gasteiger partial charge in [-0.05, 0) is 61.9 Å². The van der Waals surface area contributed by atoms with E-state index in [9.17, 15) is 14.0 Å². The van der Waals surface area contributed by atoms with Crippen LogP contribution in [0.25, 0.3) is 21.7 Å². The van der Waals surface area contributed by atoms with Gasteiger partial charge in [0.2, 0.25) is 17.6 Å². The number of nitrogens with zero attached hydrogens (tertiary/aromatic N) is 4. The topological polar surface area (TPSA) is 105 Å². The number of aromatic amines is 1. The van der Waals surface area contributed by atoms with Gasteiger partial charge in [0, 0.05) is 29.4 Å². The standard InChI is InChI=1S/C23H20FN5O3S/c24-14-6-4-12(5-7-14)20-27-28-21(32-20)13-8-10-29(11-9-13)23(31)18-25-19(30)17-15-2-1-3-16(15)33-22(17)26-18/h4-7,13H,1-3,8-11H2,(H,25,26,30). The van der Waals surface area contributed by atoms with Crippen LogP contribution in [0.4, 0.5) is 4.39 Å². The summed E-state index contributed by atoms with van der Waals surface area (Å²) in [7, 11) is 0. The monoisotopic (exact) mass is 465 g/mol. The molecular weight excluding hydrogens is 445 g/mol. The average Bonchev–Trinajstić information content (AvgIpc) is 3.55. The van der Waals surface area contributed by atoms with Crippen molar-refractivity contribution in [1.82, 2.24) is 25.1 Å². The lowest BCUT2D eigenvalue weighted by Gasteiger charge is -2.30. The second-order valence-electron chi connectivity index (χ2n) is 8.47. The van der Waals surface area contributed by atoms with Gasteiger partial charge in [0.1, 0.15) is 10.6 Å². The van der Waals surface area contributed by atoms with Gasteiger partial charge in [-0.25, -0.2) is 9.37 Å². The quantitative estimate of drug-likeness (QED) is 0.495. The molecule has 4 heterocycles. The molecule has 1 aromatic carbocycles. The zero-order valence-electron chi connectivity index (χ0n) is 17.6. The van der Waals surface area contributed by atoms with Crippen LogP contribution < -0.4 is 5.56 Å². The first-order chi connectivity index (χ1) is 16.1. The van der Waals surface area contributed by atoms with E-state index in [1.807, 2.05) is 0 Å². The van der Waals surface area contributed by atoms with E-state index in [4.69, 9.17) is 4.42 Å². The molecule has 1 saturated heterocycles. The highest BCUT2D eigenvalue weighted by atomic mass is 32.1. The molecule has 3 aromatic heterocycles. The van der Waals surface area contributed by atoms with Crippen molar-refractivity contribution in [3.05, 3.63) is 62.6 Å². The summed E-state index contributed by atoms with van der Waals surface area (Å²) in [5.41, 5.74) is 1.53.